The van der Waals surface area contributed by atoms with E-state index in [1.54, 1.807) is 36.5 Å². The molecule has 9 heteroatoms. The predicted molar refractivity (Wildman–Crippen MR) is 111 cm³/mol. The fraction of sp³-hybridized carbons (Fsp3) is 0.200. The molecule has 1 aliphatic rings. The molecule has 0 saturated heterocycles. The van der Waals surface area contributed by atoms with Gasteiger partial charge in [-0.1, -0.05) is 29.8 Å². The zero-order valence-electron chi connectivity index (χ0n) is 15.4. The van der Waals surface area contributed by atoms with Crippen molar-refractivity contribution in [1.29, 1.82) is 0 Å². The van der Waals surface area contributed by atoms with Gasteiger partial charge in [0.1, 0.15) is 0 Å². The lowest BCUT2D eigenvalue weighted by Gasteiger charge is -2.10. The molecular formula is C20H19ClN4O3S. The SMILES string of the molecule is NS(=O)(=O)c1cc(NC(=O)Cc2ccccc2Cl)cc(-c2cnn(C3CC3)c2)c1. The van der Waals surface area contributed by atoms with Crippen molar-refractivity contribution in [2.45, 2.75) is 30.2 Å². The van der Waals surface area contributed by atoms with Crippen LogP contribution in [-0.4, -0.2) is 24.1 Å². The van der Waals surface area contributed by atoms with Crippen molar-refractivity contribution in [3.63, 3.8) is 0 Å². The van der Waals surface area contributed by atoms with E-state index in [4.69, 9.17) is 16.7 Å². The third kappa shape index (κ3) is 4.67. The third-order valence-electron chi connectivity index (χ3n) is 4.68. The number of carbonyl (C=O) groups is 1. The minimum Gasteiger partial charge on any atom is -0.326 e. The Balaban J connectivity index is 1.63. The molecule has 2 aromatic carbocycles. The van der Waals surface area contributed by atoms with Gasteiger partial charge in [-0.05, 0) is 48.2 Å². The van der Waals surface area contributed by atoms with Gasteiger partial charge in [0.25, 0.3) is 0 Å². The Hall–Kier alpha value is -2.68. The quantitative estimate of drug-likeness (QED) is 0.625. The third-order valence-corrected chi connectivity index (χ3v) is 5.94. The molecule has 3 N–H and O–H groups in total. The van der Waals surface area contributed by atoms with Crippen LogP contribution in [0.25, 0.3) is 11.1 Å². The molecule has 150 valence electrons. The number of halogens is 1. The highest BCUT2D eigenvalue weighted by molar-refractivity contribution is 7.89. The zero-order valence-corrected chi connectivity index (χ0v) is 16.9. The molecule has 4 rings (SSSR count). The van der Waals surface area contributed by atoms with Crippen LogP contribution in [0.2, 0.25) is 5.02 Å². The number of amides is 1. The van der Waals surface area contributed by atoms with E-state index in [9.17, 15) is 13.2 Å². The van der Waals surface area contributed by atoms with Crippen molar-refractivity contribution in [1.82, 2.24) is 9.78 Å². The number of aromatic nitrogens is 2. The van der Waals surface area contributed by atoms with Gasteiger partial charge in [-0.15, -0.1) is 0 Å². The molecule has 1 amide bonds. The number of rotatable bonds is 6. The summed E-state index contributed by atoms with van der Waals surface area (Å²) in [5.41, 5.74) is 2.38. The van der Waals surface area contributed by atoms with Crippen LogP contribution < -0.4 is 10.5 Å². The minimum atomic E-state index is -3.95. The number of primary sulfonamides is 1. The average molecular weight is 431 g/mol. The number of benzene rings is 2. The fourth-order valence-corrected chi connectivity index (χ4v) is 3.83. The van der Waals surface area contributed by atoms with Gasteiger partial charge in [-0.2, -0.15) is 5.10 Å². The Bertz CT molecular complexity index is 1190. The lowest BCUT2D eigenvalue weighted by atomic mass is 10.1. The molecule has 29 heavy (non-hydrogen) atoms. The summed E-state index contributed by atoms with van der Waals surface area (Å²) < 4.78 is 25.8. The Labute approximate surface area is 173 Å². The maximum atomic E-state index is 12.5. The topological polar surface area (TPSA) is 107 Å². The van der Waals surface area contributed by atoms with E-state index in [0.717, 1.165) is 18.4 Å². The first kappa shape index (κ1) is 19.6. The second kappa shape index (κ2) is 7.62. The van der Waals surface area contributed by atoms with Crippen LogP contribution in [0.4, 0.5) is 5.69 Å². The molecule has 0 bridgehead atoms. The van der Waals surface area contributed by atoms with E-state index in [1.807, 2.05) is 10.9 Å². The van der Waals surface area contributed by atoms with Crippen LogP contribution in [0.3, 0.4) is 0 Å². The maximum Gasteiger partial charge on any atom is 0.238 e. The molecule has 0 spiro atoms. The first-order chi connectivity index (χ1) is 13.8. The summed E-state index contributed by atoms with van der Waals surface area (Å²) in [4.78, 5) is 12.4. The number of hydrogen-bond acceptors (Lipinski definition) is 4. The van der Waals surface area contributed by atoms with Crippen LogP contribution in [0.15, 0.2) is 59.8 Å². The number of carbonyl (C=O) groups excluding carboxylic acids is 1. The number of nitrogens with one attached hydrogen (secondary N) is 1. The van der Waals surface area contributed by atoms with Crippen LogP contribution in [-0.2, 0) is 21.2 Å². The molecule has 1 aromatic heterocycles. The predicted octanol–water partition coefficient (Wildman–Crippen LogP) is 3.37. The molecule has 0 unspecified atom stereocenters. The molecule has 3 aromatic rings. The Morgan fingerprint density at radius 2 is 1.97 bits per heavy atom. The fourth-order valence-electron chi connectivity index (χ4n) is 3.05. The first-order valence-corrected chi connectivity index (χ1v) is 11.0. The molecule has 0 radical (unpaired) electrons. The van der Waals surface area contributed by atoms with Gasteiger partial charge in [0, 0.05) is 22.5 Å². The Morgan fingerprint density at radius 1 is 1.21 bits per heavy atom. The normalized spacial score (nSPS) is 14.0. The summed E-state index contributed by atoms with van der Waals surface area (Å²) in [5.74, 6) is -0.315. The number of hydrogen-bond donors (Lipinski definition) is 2. The van der Waals surface area contributed by atoms with E-state index < -0.39 is 10.0 Å². The lowest BCUT2D eigenvalue weighted by Crippen LogP contribution is -2.16. The summed E-state index contributed by atoms with van der Waals surface area (Å²) in [6.45, 7) is 0. The van der Waals surface area contributed by atoms with Crippen molar-refractivity contribution in [2.24, 2.45) is 5.14 Å². The van der Waals surface area contributed by atoms with E-state index in [1.165, 1.54) is 12.1 Å². The zero-order chi connectivity index (χ0) is 20.6. The number of nitrogens with zero attached hydrogens (tertiary/aromatic N) is 2. The maximum absolute atomic E-state index is 12.5. The van der Waals surface area contributed by atoms with E-state index in [0.29, 0.717) is 27.9 Å². The molecule has 0 atom stereocenters. The van der Waals surface area contributed by atoms with Crippen molar-refractivity contribution >= 4 is 33.2 Å². The highest BCUT2D eigenvalue weighted by Crippen LogP contribution is 2.35. The second-order valence-electron chi connectivity index (χ2n) is 7.05. The van der Waals surface area contributed by atoms with Gasteiger partial charge in [0.05, 0.1) is 23.6 Å². The van der Waals surface area contributed by atoms with Crippen LogP contribution in [0, 0.1) is 0 Å². The smallest absolute Gasteiger partial charge is 0.238 e. The van der Waals surface area contributed by atoms with Crippen molar-refractivity contribution < 1.29 is 13.2 Å². The van der Waals surface area contributed by atoms with Gasteiger partial charge in [0.15, 0.2) is 0 Å². The lowest BCUT2D eigenvalue weighted by molar-refractivity contribution is -0.115. The van der Waals surface area contributed by atoms with Crippen molar-refractivity contribution in [3.8, 4) is 11.1 Å². The molecule has 1 aliphatic carbocycles. The number of nitrogens with two attached hydrogens (primary N) is 1. The molecule has 1 fully saturated rings. The van der Waals surface area contributed by atoms with Gasteiger partial charge in [-0.25, -0.2) is 13.6 Å². The van der Waals surface area contributed by atoms with E-state index >= 15 is 0 Å². The second-order valence-corrected chi connectivity index (χ2v) is 9.02. The summed E-state index contributed by atoms with van der Waals surface area (Å²) in [7, 11) is -3.95. The van der Waals surface area contributed by atoms with Crippen molar-refractivity contribution in [3.05, 3.63) is 65.4 Å². The molecule has 0 aliphatic heterocycles. The average Bonchev–Trinajstić information content (AvgIpc) is 3.39. The van der Waals surface area contributed by atoms with Gasteiger partial charge in [-0.3, -0.25) is 9.48 Å². The summed E-state index contributed by atoms with van der Waals surface area (Å²) in [5, 5.41) is 12.9. The van der Waals surface area contributed by atoms with Gasteiger partial charge < -0.3 is 5.32 Å². The van der Waals surface area contributed by atoms with E-state index in [2.05, 4.69) is 10.4 Å². The summed E-state index contributed by atoms with van der Waals surface area (Å²) in [6.07, 6.45) is 5.78. The van der Waals surface area contributed by atoms with E-state index in [-0.39, 0.29) is 17.2 Å². The van der Waals surface area contributed by atoms with Crippen molar-refractivity contribution in [2.75, 3.05) is 5.32 Å². The Kier molecular flexibility index (Phi) is 5.16. The molecule has 7 nitrogen and oxygen atoms in total. The van der Waals surface area contributed by atoms with Crippen LogP contribution in [0.1, 0.15) is 24.4 Å². The van der Waals surface area contributed by atoms with Crippen LogP contribution >= 0.6 is 11.6 Å². The monoisotopic (exact) mass is 430 g/mol. The molecule has 1 heterocycles. The largest absolute Gasteiger partial charge is 0.326 e. The highest BCUT2D eigenvalue weighted by atomic mass is 35.5. The van der Waals surface area contributed by atoms with Gasteiger partial charge in [0.2, 0.25) is 15.9 Å². The minimum absolute atomic E-state index is 0.0637. The first-order valence-electron chi connectivity index (χ1n) is 9.05. The molecule has 1 saturated carbocycles. The highest BCUT2D eigenvalue weighted by Gasteiger charge is 2.24. The van der Waals surface area contributed by atoms with Gasteiger partial charge >= 0.3 is 0 Å². The standard InChI is InChI=1S/C20H19ClN4O3S/c21-19-4-2-1-3-13(19)9-20(26)24-16-7-14(8-18(10-16)29(22,27)28)15-11-23-25(12-15)17-5-6-17/h1-4,7-8,10-12,17H,5-6,9H2,(H,24,26)(H2,22,27,28). The number of sulfonamides is 1. The summed E-state index contributed by atoms with van der Waals surface area (Å²) >= 11 is 6.11. The number of anilines is 1. The Morgan fingerprint density at radius 3 is 2.66 bits per heavy atom. The van der Waals surface area contributed by atoms with Crippen LogP contribution in [0.5, 0.6) is 0 Å². The molecular weight excluding hydrogens is 412 g/mol. The summed E-state index contributed by atoms with van der Waals surface area (Å²) in [6, 6.07) is 12.0.